The number of halogens is 1. The maximum absolute atomic E-state index is 12.2. The fourth-order valence-corrected chi connectivity index (χ4v) is 2.75. The van der Waals surface area contributed by atoms with Crippen molar-refractivity contribution in [3.8, 4) is 0 Å². The molecule has 0 spiro atoms. The van der Waals surface area contributed by atoms with E-state index < -0.39 is 48.1 Å². The predicted molar refractivity (Wildman–Crippen MR) is 90.7 cm³/mol. The minimum absolute atomic E-state index is 0.221. The summed E-state index contributed by atoms with van der Waals surface area (Å²) in [6, 6.07) is 0. The van der Waals surface area contributed by atoms with E-state index in [1.54, 1.807) is 22.6 Å². The molecule has 1 saturated heterocycles. The molecular formula is C14H16IN3O8. The Morgan fingerprint density at radius 1 is 1.15 bits per heavy atom. The Hall–Kier alpha value is -2.09. The van der Waals surface area contributed by atoms with Gasteiger partial charge < -0.3 is 18.9 Å². The van der Waals surface area contributed by atoms with E-state index in [0.29, 0.717) is 0 Å². The molecular weight excluding hydrogens is 465 g/mol. The molecule has 0 aliphatic carbocycles. The summed E-state index contributed by atoms with van der Waals surface area (Å²) in [5.41, 5.74) is -0.693. The summed E-state index contributed by atoms with van der Waals surface area (Å²) in [6.07, 6.45) is -3.18. The van der Waals surface area contributed by atoms with Crippen LogP contribution in [0.2, 0.25) is 0 Å². The molecule has 1 fully saturated rings. The topological polar surface area (TPSA) is 136 Å². The molecule has 26 heavy (non-hydrogen) atoms. The molecule has 2 heterocycles. The van der Waals surface area contributed by atoms with Gasteiger partial charge in [0.1, 0.15) is 19.0 Å². The van der Waals surface area contributed by atoms with Crippen molar-refractivity contribution in [2.24, 2.45) is 0 Å². The van der Waals surface area contributed by atoms with E-state index in [4.69, 9.17) is 18.9 Å². The standard InChI is InChI=1S/C14H16IN3O8/c1-6(19)23-4-9-10(24-7(2)20)11(25-8(3)21)12(26-9)18-5-16-13(15)17-14(18)22/h5,9-12H,4H2,1-3H3/t9-,10-,11-,12-/m1/s1. The lowest BCUT2D eigenvalue weighted by Gasteiger charge is -2.23. The normalized spacial score (nSPS) is 24.8. The number of hydrogen-bond donors (Lipinski definition) is 0. The number of carbonyl (C=O) groups excluding carboxylic acids is 3. The van der Waals surface area contributed by atoms with Crippen LogP contribution in [0.25, 0.3) is 0 Å². The van der Waals surface area contributed by atoms with Crippen LogP contribution >= 0.6 is 22.6 Å². The van der Waals surface area contributed by atoms with Crippen LogP contribution in [-0.4, -0.2) is 57.4 Å². The second-order valence-corrected chi connectivity index (χ2v) is 6.30. The van der Waals surface area contributed by atoms with Crippen LogP contribution in [0, 0.1) is 3.83 Å². The Labute approximate surface area is 161 Å². The highest BCUT2D eigenvalue weighted by Crippen LogP contribution is 2.33. The molecule has 1 aromatic heterocycles. The fourth-order valence-electron chi connectivity index (χ4n) is 2.42. The van der Waals surface area contributed by atoms with Gasteiger partial charge in [-0.15, -0.1) is 0 Å². The third-order valence-electron chi connectivity index (χ3n) is 3.31. The molecule has 1 aromatic rings. The predicted octanol–water partition coefficient (Wildman–Crippen LogP) is -0.433. The van der Waals surface area contributed by atoms with Gasteiger partial charge in [-0.3, -0.25) is 19.0 Å². The van der Waals surface area contributed by atoms with Crippen LogP contribution in [-0.2, 0) is 33.3 Å². The molecule has 0 bridgehead atoms. The Bertz CT molecular complexity index is 767. The summed E-state index contributed by atoms with van der Waals surface area (Å²) in [5.74, 6) is -1.90. The minimum atomic E-state index is -1.16. The number of carbonyl (C=O) groups is 3. The van der Waals surface area contributed by atoms with E-state index in [1.165, 1.54) is 20.2 Å². The Balaban J connectivity index is 2.40. The molecule has 0 aromatic carbocycles. The highest BCUT2D eigenvalue weighted by atomic mass is 127. The van der Waals surface area contributed by atoms with Gasteiger partial charge in [0.15, 0.2) is 22.3 Å². The van der Waals surface area contributed by atoms with Gasteiger partial charge in [-0.05, 0) is 0 Å². The minimum Gasteiger partial charge on any atom is -0.463 e. The zero-order valence-corrected chi connectivity index (χ0v) is 16.2. The van der Waals surface area contributed by atoms with E-state index in [1.807, 2.05) is 0 Å². The number of nitrogens with zero attached hydrogens (tertiary/aromatic N) is 3. The number of rotatable bonds is 5. The van der Waals surface area contributed by atoms with E-state index >= 15 is 0 Å². The first-order chi connectivity index (χ1) is 12.2. The molecule has 0 radical (unpaired) electrons. The van der Waals surface area contributed by atoms with Crippen LogP contribution in [0.1, 0.15) is 27.0 Å². The molecule has 1 aliphatic rings. The lowest BCUT2D eigenvalue weighted by Crippen LogP contribution is -2.42. The summed E-state index contributed by atoms with van der Waals surface area (Å²) >= 11 is 1.77. The van der Waals surface area contributed by atoms with Crippen LogP contribution in [0.5, 0.6) is 0 Å². The molecule has 4 atom stereocenters. The summed E-state index contributed by atoms with van der Waals surface area (Å²) in [7, 11) is 0. The van der Waals surface area contributed by atoms with Gasteiger partial charge in [0, 0.05) is 43.4 Å². The summed E-state index contributed by atoms with van der Waals surface area (Å²) in [5, 5.41) is 0. The van der Waals surface area contributed by atoms with Crippen LogP contribution < -0.4 is 5.69 Å². The fraction of sp³-hybridized carbons (Fsp3) is 0.571. The van der Waals surface area contributed by atoms with Crippen molar-refractivity contribution in [1.82, 2.24) is 14.5 Å². The van der Waals surface area contributed by atoms with Crippen molar-refractivity contribution in [3.63, 3.8) is 0 Å². The first kappa shape index (κ1) is 20.2. The van der Waals surface area contributed by atoms with Crippen molar-refractivity contribution in [2.45, 2.75) is 45.3 Å². The number of ether oxygens (including phenoxy) is 4. The van der Waals surface area contributed by atoms with Crippen LogP contribution in [0.3, 0.4) is 0 Å². The average molecular weight is 481 g/mol. The van der Waals surface area contributed by atoms with Gasteiger partial charge in [0.05, 0.1) is 0 Å². The van der Waals surface area contributed by atoms with Crippen molar-refractivity contribution in [2.75, 3.05) is 6.61 Å². The molecule has 2 rings (SSSR count). The van der Waals surface area contributed by atoms with Crippen molar-refractivity contribution >= 4 is 40.5 Å². The third kappa shape index (κ3) is 4.97. The first-order valence-electron chi connectivity index (χ1n) is 7.43. The van der Waals surface area contributed by atoms with E-state index in [0.717, 1.165) is 11.5 Å². The molecule has 11 nitrogen and oxygen atoms in total. The van der Waals surface area contributed by atoms with Gasteiger partial charge in [0.2, 0.25) is 0 Å². The summed E-state index contributed by atoms with van der Waals surface area (Å²) < 4.78 is 22.2. The summed E-state index contributed by atoms with van der Waals surface area (Å²) in [4.78, 5) is 53.8. The second kappa shape index (κ2) is 8.53. The number of aromatic nitrogens is 3. The quantitative estimate of drug-likeness (QED) is 0.310. The Morgan fingerprint density at radius 2 is 1.77 bits per heavy atom. The summed E-state index contributed by atoms with van der Waals surface area (Å²) in [6.45, 7) is 3.27. The van der Waals surface area contributed by atoms with Crippen LogP contribution in [0.4, 0.5) is 0 Å². The zero-order chi connectivity index (χ0) is 19.4. The van der Waals surface area contributed by atoms with Crippen molar-refractivity contribution < 1.29 is 33.3 Å². The molecule has 12 heteroatoms. The lowest BCUT2D eigenvalue weighted by molar-refractivity contribution is -0.166. The highest BCUT2D eigenvalue weighted by molar-refractivity contribution is 14.1. The SMILES string of the molecule is CC(=O)OC[C@H]1O[C@@H](n2cnc(I)nc2=O)[C@H](OC(C)=O)[C@@H]1OC(C)=O. The largest absolute Gasteiger partial charge is 0.463 e. The van der Waals surface area contributed by atoms with Crippen molar-refractivity contribution in [1.29, 1.82) is 0 Å². The Kier molecular flexibility index (Phi) is 6.63. The average Bonchev–Trinajstić information content (AvgIpc) is 2.82. The highest BCUT2D eigenvalue weighted by Gasteiger charge is 2.51. The van der Waals surface area contributed by atoms with Gasteiger partial charge in [-0.25, -0.2) is 9.78 Å². The second-order valence-electron chi connectivity index (χ2n) is 5.33. The van der Waals surface area contributed by atoms with E-state index in [2.05, 4.69) is 9.97 Å². The number of esters is 3. The molecule has 0 N–H and O–H groups in total. The van der Waals surface area contributed by atoms with Gasteiger partial charge in [-0.1, -0.05) is 0 Å². The number of hydrogen-bond acceptors (Lipinski definition) is 10. The third-order valence-corrected chi connectivity index (χ3v) is 3.83. The van der Waals surface area contributed by atoms with E-state index in [9.17, 15) is 19.2 Å². The molecule has 0 saturated carbocycles. The van der Waals surface area contributed by atoms with Crippen molar-refractivity contribution in [3.05, 3.63) is 20.6 Å². The Morgan fingerprint density at radius 3 is 2.31 bits per heavy atom. The van der Waals surface area contributed by atoms with Gasteiger partial charge >= 0.3 is 23.6 Å². The lowest BCUT2D eigenvalue weighted by atomic mass is 10.1. The maximum atomic E-state index is 12.2. The van der Waals surface area contributed by atoms with E-state index in [-0.39, 0.29) is 10.4 Å². The van der Waals surface area contributed by atoms with Crippen LogP contribution in [0.15, 0.2) is 11.1 Å². The van der Waals surface area contributed by atoms with Gasteiger partial charge in [-0.2, -0.15) is 4.98 Å². The molecule has 0 unspecified atom stereocenters. The zero-order valence-electron chi connectivity index (χ0n) is 14.1. The maximum Gasteiger partial charge on any atom is 0.353 e. The first-order valence-corrected chi connectivity index (χ1v) is 8.51. The molecule has 1 aliphatic heterocycles. The molecule has 0 amide bonds. The van der Waals surface area contributed by atoms with Gasteiger partial charge in [0.25, 0.3) is 0 Å². The molecule has 142 valence electrons. The monoisotopic (exact) mass is 481 g/mol. The smallest absolute Gasteiger partial charge is 0.353 e.